The first-order chi connectivity index (χ1) is 6.99. The van der Waals surface area contributed by atoms with Gasteiger partial charge in [-0.2, -0.15) is 8.42 Å². The van der Waals surface area contributed by atoms with Crippen molar-refractivity contribution in [2.45, 2.75) is 26.2 Å². The highest BCUT2D eigenvalue weighted by atomic mass is 32.2. The number of hydrogen-bond acceptors (Lipinski definition) is 4. The third kappa shape index (κ3) is 10.1. The molecule has 0 radical (unpaired) electrons. The van der Waals surface area contributed by atoms with Crippen molar-refractivity contribution in [3.8, 4) is 0 Å². The molecule has 0 aromatic rings. The van der Waals surface area contributed by atoms with Crippen molar-refractivity contribution in [3.63, 3.8) is 0 Å². The highest BCUT2D eigenvalue weighted by Crippen LogP contribution is 2.14. The molecular formula is C9H21NO4S. The second kappa shape index (κ2) is 8.04. The van der Waals surface area contributed by atoms with Gasteiger partial charge in [-0.15, -0.1) is 0 Å². The molecule has 0 saturated carbocycles. The van der Waals surface area contributed by atoms with E-state index in [1.54, 1.807) is 0 Å². The zero-order chi connectivity index (χ0) is 11.7. The fraction of sp³-hybridized carbons (Fsp3) is 1.00. The SMILES string of the molecule is CCS(=O)(=O)O.OCCC1CCNCC1. The second-order valence-electron chi connectivity index (χ2n) is 3.58. The Morgan fingerprint density at radius 3 is 2.13 bits per heavy atom. The summed E-state index contributed by atoms with van der Waals surface area (Å²) < 4.78 is 26.9. The molecule has 0 atom stereocenters. The maximum absolute atomic E-state index is 9.56. The first-order valence-electron chi connectivity index (χ1n) is 5.26. The highest BCUT2D eigenvalue weighted by molar-refractivity contribution is 7.85. The first kappa shape index (κ1) is 14.8. The summed E-state index contributed by atoms with van der Waals surface area (Å²) in [5, 5.41) is 11.9. The van der Waals surface area contributed by atoms with E-state index in [1.807, 2.05) is 0 Å². The van der Waals surface area contributed by atoms with E-state index >= 15 is 0 Å². The van der Waals surface area contributed by atoms with Gasteiger partial charge in [0.1, 0.15) is 0 Å². The lowest BCUT2D eigenvalue weighted by Crippen LogP contribution is -2.28. The zero-order valence-corrected chi connectivity index (χ0v) is 9.96. The molecule has 0 aromatic heterocycles. The van der Waals surface area contributed by atoms with Crippen LogP contribution >= 0.6 is 0 Å². The Morgan fingerprint density at radius 1 is 1.33 bits per heavy atom. The molecule has 0 aliphatic carbocycles. The van der Waals surface area contributed by atoms with Gasteiger partial charge in [-0.05, 0) is 45.2 Å². The molecule has 6 heteroatoms. The molecule has 0 spiro atoms. The van der Waals surface area contributed by atoms with Gasteiger partial charge in [0.2, 0.25) is 0 Å². The molecule has 1 heterocycles. The molecule has 1 aliphatic heterocycles. The minimum absolute atomic E-state index is 0.201. The van der Waals surface area contributed by atoms with Gasteiger partial charge in [0.25, 0.3) is 10.1 Å². The molecule has 1 fully saturated rings. The standard InChI is InChI=1S/C7H15NO.C2H6O3S/c9-6-3-7-1-4-8-5-2-7;1-2-6(3,4)5/h7-9H,1-6H2;2H2,1H3,(H,3,4,5). The smallest absolute Gasteiger partial charge is 0.264 e. The van der Waals surface area contributed by atoms with Crippen LogP contribution in [0.25, 0.3) is 0 Å². The van der Waals surface area contributed by atoms with Crippen molar-refractivity contribution >= 4 is 10.1 Å². The van der Waals surface area contributed by atoms with Crippen LogP contribution in [-0.4, -0.2) is 43.5 Å². The predicted molar refractivity (Wildman–Crippen MR) is 59.4 cm³/mol. The molecule has 1 saturated heterocycles. The van der Waals surface area contributed by atoms with Crippen LogP contribution in [0, 0.1) is 5.92 Å². The molecule has 0 amide bonds. The number of nitrogens with one attached hydrogen (secondary N) is 1. The highest BCUT2D eigenvalue weighted by Gasteiger charge is 2.10. The van der Waals surface area contributed by atoms with Crippen LogP contribution in [0.4, 0.5) is 0 Å². The maximum Gasteiger partial charge on any atom is 0.264 e. The van der Waals surface area contributed by atoms with E-state index in [4.69, 9.17) is 9.66 Å². The third-order valence-electron chi connectivity index (χ3n) is 2.36. The zero-order valence-electron chi connectivity index (χ0n) is 9.15. The van der Waals surface area contributed by atoms with E-state index in [0.29, 0.717) is 6.61 Å². The van der Waals surface area contributed by atoms with Gasteiger partial charge in [0.15, 0.2) is 0 Å². The van der Waals surface area contributed by atoms with Gasteiger partial charge < -0.3 is 10.4 Å². The Balaban J connectivity index is 0.000000288. The lowest BCUT2D eigenvalue weighted by Gasteiger charge is -2.21. The minimum Gasteiger partial charge on any atom is -0.396 e. The number of aliphatic hydroxyl groups excluding tert-OH is 1. The van der Waals surface area contributed by atoms with Gasteiger partial charge in [-0.3, -0.25) is 4.55 Å². The summed E-state index contributed by atoms with van der Waals surface area (Å²) in [6.07, 6.45) is 3.50. The molecule has 1 aliphatic rings. The maximum atomic E-state index is 9.56. The minimum atomic E-state index is -3.66. The van der Waals surface area contributed by atoms with Crippen molar-refractivity contribution in [1.82, 2.24) is 5.32 Å². The molecule has 0 bridgehead atoms. The Bertz CT molecular complexity index is 232. The van der Waals surface area contributed by atoms with Crippen LogP contribution in [-0.2, 0) is 10.1 Å². The van der Waals surface area contributed by atoms with Crippen LogP contribution in [0.1, 0.15) is 26.2 Å². The summed E-state index contributed by atoms with van der Waals surface area (Å²) in [6.45, 7) is 4.02. The van der Waals surface area contributed by atoms with E-state index in [0.717, 1.165) is 25.4 Å². The van der Waals surface area contributed by atoms with E-state index in [1.165, 1.54) is 19.8 Å². The Kier molecular flexibility index (Phi) is 7.95. The number of rotatable bonds is 3. The molecular weight excluding hydrogens is 218 g/mol. The summed E-state index contributed by atoms with van der Waals surface area (Å²) in [4.78, 5) is 0. The quantitative estimate of drug-likeness (QED) is 0.615. The number of aliphatic hydroxyl groups is 1. The summed E-state index contributed by atoms with van der Waals surface area (Å²) >= 11 is 0. The molecule has 3 N–H and O–H groups in total. The summed E-state index contributed by atoms with van der Waals surface area (Å²) in [6, 6.07) is 0. The van der Waals surface area contributed by atoms with Gasteiger partial charge in [-0.25, -0.2) is 0 Å². The summed E-state index contributed by atoms with van der Waals surface area (Å²) in [7, 11) is -3.66. The molecule has 0 aromatic carbocycles. The Hall–Kier alpha value is -0.170. The van der Waals surface area contributed by atoms with Crippen LogP contribution in [0.3, 0.4) is 0 Å². The summed E-state index contributed by atoms with van der Waals surface area (Å²) in [5.41, 5.74) is 0. The number of hydrogen-bond donors (Lipinski definition) is 3. The van der Waals surface area contributed by atoms with E-state index in [2.05, 4.69) is 5.32 Å². The largest absolute Gasteiger partial charge is 0.396 e. The Labute approximate surface area is 91.6 Å². The van der Waals surface area contributed by atoms with E-state index in [-0.39, 0.29) is 5.75 Å². The van der Waals surface area contributed by atoms with E-state index < -0.39 is 10.1 Å². The van der Waals surface area contributed by atoms with Gasteiger partial charge >= 0.3 is 0 Å². The van der Waals surface area contributed by atoms with Crippen LogP contribution in [0.2, 0.25) is 0 Å². The van der Waals surface area contributed by atoms with Crippen molar-refractivity contribution < 1.29 is 18.1 Å². The average Bonchev–Trinajstić information content (AvgIpc) is 2.20. The lowest BCUT2D eigenvalue weighted by atomic mass is 9.95. The fourth-order valence-corrected chi connectivity index (χ4v) is 1.35. The van der Waals surface area contributed by atoms with Crippen LogP contribution in [0.5, 0.6) is 0 Å². The first-order valence-corrected chi connectivity index (χ1v) is 6.87. The molecule has 0 unspecified atom stereocenters. The fourth-order valence-electron chi connectivity index (χ4n) is 1.35. The van der Waals surface area contributed by atoms with Gasteiger partial charge in [-0.1, -0.05) is 0 Å². The van der Waals surface area contributed by atoms with E-state index in [9.17, 15) is 8.42 Å². The molecule has 5 nitrogen and oxygen atoms in total. The summed E-state index contributed by atoms with van der Waals surface area (Å²) in [5.74, 6) is 0.587. The van der Waals surface area contributed by atoms with Gasteiger partial charge in [0.05, 0.1) is 5.75 Å². The molecule has 92 valence electrons. The van der Waals surface area contributed by atoms with Crippen LogP contribution in [0.15, 0.2) is 0 Å². The second-order valence-corrected chi connectivity index (χ2v) is 5.32. The Morgan fingerprint density at radius 2 is 1.80 bits per heavy atom. The number of piperidine rings is 1. The molecule has 15 heavy (non-hydrogen) atoms. The lowest BCUT2D eigenvalue weighted by molar-refractivity contribution is 0.235. The van der Waals surface area contributed by atoms with Gasteiger partial charge in [0, 0.05) is 6.61 Å². The average molecular weight is 239 g/mol. The van der Waals surface area contributed by atoms with Crippen molar-refractivity contribution in [1.29, 1.82) is 0 Å². The monoisotopic (exact) mass is 239 g/mol. The molecule has 1 rings (SSSR count). The topological polar surface area (TPSA) is 86.6 Å². The van der Waals surface area contributed by atoms with Crippen molar-refractivity contribution in [2.24, 2.45) is 5.92 Å². The predicted octanol–water partition coefficient (Wildman–Crippen LogP) is 0.262. The van der Waals surface area contributed by atoms with Crippen LogP contribution < -0.4 is 5.32 Å². The third-order valence-corrected chi connectivity index (χ3v) is 3.09. The normalized spacial score (nSPS) is 18.1. The van der Waals surface area contributed by atoms with Crippen molar-refractivity contribution in [3.05, 3.63) is 0 Å². The van der Waals surface area contributed by atoms with Crippen molar-refractivity contribution in [2.75, 3.05) is 25.4 Å².